The summed E-state index contributed by atoms with van der Waals surface area (Å²) in [5.41, 5.74) is 0.0734. The van der Waals surface area contributed by atoms with Gasteiger partial charge in [-0.1, -0.05) is 35.3 Å². The number of ether oxygens (including phenoxy) is 1. The molecule has 0 aliphatic carbocycles. The van der Waals surface area contributed by atoms with Crippen LogP contribution in [0.4, 0.5) is 17.1 Å². The van der Waals surface area contributed by atoms with Gasteiger partial charge in [-0.05, 0) is 66.7 Å². The van der Waals surface area contributed by atoms with Crippen LogP contribution in [-0.4, -0.2) is 19.2 Å². The summed E-state index contributed by atoms with van der Waals surface area (Å²) in [4.78, 5) is 23.1. The zero-order valence-corrected chi connectivity index (χ0v) is 21.0. The number of anilines is 2. The van der Waals surface area contributed by atoms with Crippen LogP contribution in [0.2, 0.25) is 10.0 Å². The number of para-hydroxylation sites is 1. The van der Waals surface area contributed by atoms with Crippen LogP contribution in [0, 0.1) is 10.1 Å². The summed E-state index contributed by atoms with van der Waals surface area (Å²) in [6.07, 6.45) is 0. The Morgan fingerprint density at radius 3 is 2.22 bits per heavy atom. The molecule has 0 radical (unpaired) electrons. The van der Waals surface area contributed by atoms with Crippen LogP contribution in [0.25, 0.3) is 0 Å². The molecule has 0 atom stereocenters. The highest BCUT2D eigenvalue weighted by molar-refractivity contribution is 7.92. The molecule has 4 rings (SSSR count). The van der Waals surface area contributed by atoms with E-state index in [9.17, 15) is 23.3 Å². The standard InChI is InChI=1S/C25H17Cl2N3O6S/c26-16-5-14-23(21(15-16)25(31)28-17-6-8-18(9-7-17)30(32)33)29-37(34,35)20-12-10-19(11-13-20)36-24-4-2-1-3-22(24)27/h1-15,29H,(H,28,31). The largest absolute Gasteiger partial charge is 0.456 e. The number of sulfonamides is 1. The number of nitro groups is 1. The van der Waals surface area contributed by atoms with Crippen LogP contribution >= 0.6 is 23.2 Å². The van der Waals surface area contributed by atoms with Gasteiger partial charge in [-0.25, -0.2) is 8.42 Å². The Balaban J connectivity index is 1.53. The maximum absolute atomic E-state index is 13.0. The summed E-state index contributed by atoms with van der Waals surface area (Å²) >= 11 is 12.1. The van der Waals surface area contributed by atoms with Gasteiger partial charge in [-0.2, -0.15) is 0 Å². The summed E-state index contributed by atoms with van der Waals surface area (Å²) < 4.78 is 34.2. The maximum atomic E-state index is 13.0. The van der Waals surface area contributed by atoms with E-state index < -0.39 is 20.9 Å². The number of rotatable bonds is 8. The topological polar surface area (TPSA) is 128 Å². The molecule has 1 amide bonds. The number of amides is 1. The number of benzene rings is 4. The average Bonchev–Trinajstić information content (AvgIpc) is 2.87. The SMILES string of the molecule is O=C(Nc1ccc([N+](=O)[O-])cc1)c1cc(Cl)ccc1NS(=O)(=O)c1ccc(Oc2ccccc2Cl)cc1. The first kappa shape index (κ1) is 26.0. The van der Waals surface area contributed by atoms with Gasteiger partial charge in [-0.15, -0.1) is 0 Å². The number of hydrogen-bond donors (Lipinski definition) is 2. The molecule has 0 aliphatic heterocycles. The molecule has 2 N–H and O–H groups in total. The Labute approximate surface area is 221 Å². The molecule has 0 bridgehead atoms. The van der Waals surface area contributed by atoms with Crippen molar-refractivity contribution in [3.63, 3.8) is 0 Å². The van der Waals surface area contributed by atoms with Crippen LogP contribution in [0.15, 0.2) is 95.9 Å². The second kappa shape index (κ2) is 10.9. The van der Waals surface area contributed by atoms with Gasteiger partial charge in [0.1, 0.15) is 11.5 Å². The summed E-state index contributed by atoms with van der Waals surface area (Å²) in [6.45, 7) is 0. The highest BCUT2D eigenvalue weighted by Crippen LogP contribution is 2.30. The molecule has 37 heavy (non-hydrogen) atoms. The first-order valence-corrected chi connectivity index (χ1v) is 12.8. The van der Waals surface area contributed by atoms with Gasteiger partial charge in [0.15, 0.2) is 0 Å². The van der Waals surface area contributed by atoms with Gasteiger partial charge < -0.3 is 10.1 Å². The molecule has 0 spiro atoms. The van der Waals surface area contributed by atoms with Crippen LogP contribution in [0.1, 0.15) is 10.4 Å². The van der Waals surface area contributed by atoms with Crippen molar-refractivity contribution in [1.29, 1.82) is 0 Å². The Morgan fingerprint density at radius 1 is 0.892 bits per heavy atom. The molecule has 4 aromatic rings. The van der Waals surface area contributed by atoms with Gasteiger partial charge in [0.25, 0.3) is 21.6 Å². The highest BCUT2D eigenvalue weighted by Gasteiger charge is 2.20. The Kier molecular flexibility index (Phi) is 7.63. The Bertz CT molecular complexity index is 1580. The molecule has 0 fully saturated rings. The quantitative estimate of drug-likeness (QED) is 0.182. The van der Waals surface area contributed by atoms with E-state index in [-0.39, 0.29) is 32.5 Å². The van der Waals surface area contributed by atoms with Crippen molar-refractivity contribution in [3.8, 4) is 11.5 Å². The molecular weight excluding hydrogens is 541 g/mol. The number of nitrogens with one attached hydrogen (secondary N) is 2. The first-order valence-electron chi connectivity index (χ1n) is 10.5. The van der Waals surface area contributed by atoms with E-state index in [2.05, 4.69) is 10.0 Å². The molecule has 9 nitrogen and oxygen atoms in total. The molecule has 0 saturated heterocycles. The van der Waals surface area contributed by atoms with Gasteiger partial charge >= 0.3 is 0 Å². The van der Waals surface area contributed by atoms with E-state index in [1.165, 1.54) is 66.7 Å². The number of nitro benzene ring substituents is 1. The maximum Gasteiger partial charge on any atom is 0.269 e. The monoisotopic (exact) mass is 557 g/mol. The second-order valence-electron chi connectivity index (χ2n) is 7.56. The van der Waals surface area contributed by atoms with E-state index >= 15 is 0 Å². The second-order valence-corrected chi connectivity index (χ2v) is 10.1. The molecule has 188 valence electrons. The summed E-state index contributed by atoms with van der Waals surface area (Å²) in [7, 11) is -4.10. The van der Waals surface area contributed by atoms with Crippen molar-refractivity contribution in [1.82, 2.24) is 0 Å². The Hall–Kier alpha value is -4.12. The summed E-state index contributed by atoms with van der Waals surface area (Å²) in [5, 5.41) is 14.0. The molecule has 12 heteroatoms. The van der Waals surface area contributed by atoms with Crippen LogP contribution in [0.5, 0.6) is 11.5 Å². The van der Waals surface area contributed by atoms with Crippen molar-refractivity contribution in [3.05, 3.63) is 117 Å². The number of nitrogens with zero attached hydrogens (tertiary/aromatic N) is 1. The minimum absolute atomic E-state index is 0.0137. The van der Waals surface area contributed by atoms with Crippen LogP contribution in [0.3, 0.4) is 0 Å². The van der Waals surface area contributed by atoms with E-state index in [1.54, 1.807) is 24.3 Å². The molecule has 4 aromatic carbocycles. The fraction of sp³-hybridized carbons (Fsp3) is 0. The van der Waals surface area contributed by atoms with Crippen LogP contribution < -0.4 is 14.8 Å². The zero-order chi connectivity index (χ0) is 26.6. The average molecular weight is 558 g/mol. The molecule has 0 unspecified atom stereocenters. The summed E-state index contributed by atoms with van der Waals surface area (Å²) in [6, 6.07) is 21.8. The van der Waals surface area contributed by atoms with Crippen LogP contribution in [-0.2, 0) is 10.0 Å². The predicted molar refractivity (Wildman–Crippen MR) is 141 cm³/mol. The predicted octanol–water partition coefficient (Wildman–Crippen LogP) is 6.75. The van der Waals surface area contributed by atoms with Crippen molar-refractivity contribution in [2.24, 2.45) is 0 Å². The first-order chi connectivity index (χ1) is 17.6. The lowest BCUT2D eigenvalue weighted by Crippen LogP contribution is -2.18. The molecule has 0 saturated carbocycles. The smallest absolute Gasteiger partial charge is 0.269 e. The number of carbonyl (C=O) groups is 1. The third kappa shape index (κ3) is 6.36. The molecule has 0 aliphatic rings. The number of halogens is 2. The van der Waals surface area contributed by atoms with Gasteiger partial charge in [-0.3, -0.25) is 19.6 Å². The van der Waals surface area contributed by atoms with E-state index in [0.717, 1.165) is 0 Å². The fourth-order valence-electron chi connectivity index (χ4n) is 3.20. The lowest BCUT2D eigenvalue weighted by molar-refractivity contribution is -0.384. The minimum Gasteiger partial charge on any atom is -0.456 e. The van der Waals surface area contributed by atoms with Gasteiger partial charge in [0.05, 0.1) is 26.1 Å². The number of hydrogen-bond acceptors (Lipinski definition) is 6. The van der Waals surface area contributed by atoms with Crippen molar-refractivity contribution >= 4 is 56.2 Å². The van der Waals surface area contributed by atoms with Crippen molar-refractivity contribution < 1.29 is 22.9 Å². The number of carbonyl (C=O) groups excluding carboxylic acids is 1. The van der Waals surface area contributed by atoms with Gasteiger partial charge in [0.2, 0.25) is 0 Å². The zero-order valence-electron chi connectivity index (χ0n) is 18.7. The lowest BCUT2D eigenvalue weighted by atomic mass is 10.1. The normalized spacial score (nSPS) is 11.0. The minimum atomic E-state index is -4.10. The third-order valence-electron chi connectivity index (χ3n) is 5.01. The van der Waals surface area contributed by atoms with Gasteiger partial charge in [0, 0.05) is 22.8 Å². The van der Waals surface area contributed by atoms with Crippen molar-refractivity contribution in [2.45, 2.75) is 4.90 Å². The van der Waals surface area contributed by atoms with Crippen molar-refractivity contribution in [2.75, 3.05) is 10.0 Å². The Morgan fingerprint density at radius 2 is 1.57 bits per heavy atom. The molecule has 0 heterocycles. The lowest BCUT2D eigenvalue weighted by Gasteiger charge is -2.14. The van der Waals surface area contributed by atoms with E-state index in [1.807, 2.05) is 0 Å². The fourth-order valence-corrected chi connectivity index (χ4v) is 4.63. The summed E-state index contributed by atoms with van der Waals surface area (Å²) in [5.74, 6) is 0.127. The number of non-ortho nitro benzene ring substituents is 1. The third-order valence-corrected chi connectivity index (χ3v) is 6.93. The van der Waals surface area contributed by atoms with E-state index in [0.29, 0.717) is 16.5 Å². The molecule has 0 aromatic heterocycles. The molecular formula is C25H17Cl2N3O6S. The highest BCUT2D eigenvalue weighted by atomic mass is 35.5. The van der Waals surface area contributed by atoms with E-state index in [4.69, 9.17) is 27.9 Å².